The van der Waals surface area contributed by atoms with Crippen LogP contribution in [0.3, 0.4) is 0 Å². The third kappa shape index (κ3) is 5.00. The second-order valence-electron chi connectivity index (χ2n) is 8.55. The van der Waals surface area contributed by atoms with Gasteiger partial charge in [-0.3, -0.25) is 20.2 Å². The van der Waals surface area contributed by atoms with E-state index >= 15 is 0 Å². The zero-order valence-electron chi connectivity index (χ0n) is 16.9. The van der Waals surface area contributed by atoms with Crippen LogP contribution in [0.25, 0.3) is 5.57 Å². The van der Waals surface area contributed by atoms with Crippen molar-refractivity contribution < 1.29 is 23.1 Å². The van der Waals surface area contributed by atoms with Crippen molar-refractivity contribution >= 4 is 17.4 Å². The number of piperazine rings is 1. The van der Waals surface area contributed by atoms with Gasteiger partial charge in [0.25, 0.3) is 0 Å². The predicted molar refractivity (Wildman–Crippen MR) is 105 cm³/mol. The van der Waals surface area contributed by atoms with Gasteiger partial charge >= 0.3 is 5.97 Å². The minimum atomic E-state index is -0.930. The lowest BCUT2D eigenvalue weighted by atomic mass is 9.90. The number of amides is 1. The van der Waals surface area contributed by atoms with Gasteiger partial charge in [0.05, 0.1) is 18.1 Å². The average molecular weight is 407 g/mol. The maximum atomic E-state index is 13.5. The summed E-state index contributed by atoms with van der Waals surface area (Å²) in [6, 6.07) is 2.80. The number of halogens is 2. The van der Waals surface area contributed by atoms with Crippen LogP contribution in [0.5, 0.6) is 0 Å². The van der Waals surface area contributed by atoms with Crippen molar-refractivity contribution in [2.75, 3.05) is 6.54 Å². The fourth-order valence-electron chi connectivity index (χ4n) is 3.70. The molecule has 3 N–H and O–H groups in total. The first-order valence-corrected chi connectivity index (χ1v) is 9.71. The number of esters is 1. The minimum absolute atomic E-state index is 0.122. The highest BCUT2D eigenvalue weighted by molar-refractivity contribution is 5.84. The molecule has 0 aliphatic carbocycles. The fourth-order valence-corrected chi connectivity index (χ4v) is 3.70. The lowest BCUT2D eigenvalue weighted by molar-refractivity contribution is -0.158. The van der Waals surface area contributed by atoms with Crippen LogP contribution in [0.2, 0.25) is 0 Å². The van der Waals surface area contributed by atoms with E-state index in [1.54, 1.807) is 20.8 Å². The van der Waals surface area contributed by atoms with E-state index in [-0.39, 0.29) is 30.0 Å². The molecular weight excluding hydrogens is 380 g/mol. The summed E-state index contributed by atoms with van der Waals surface area (Å²) in [7, 11) is 0. The summed E-state index contributed by atoms with van der Waals surface area (Å²) in [4.78, 5) is 24.8. The summed E-state index contributed by atoms with van der Waals surface area (Å²) >= 11 is 0. The summed E-state index contributed by atoms with van der Waals surface area (Å²) < 4.78 is 32.0. The van der Waals surface area contributed by atoms with Crippen molar-refractivity contribution in [2.45, 2.75) is 57.5 Å². The molecule has 2 fully saturated rings. The SMILES string of the molecule is C=C(CC[C@@H]1C(=O)NC2NCC(C(=O)OC(C)(C)C)NC21)c1ccc(F)c(F)c1. The van der Waals surface area contributed by atoms with Crippen molar-refractivity contribution in [3.8, 4) is 0 Å². The number of rotatable bonds is 5. The number of carbonyl (C=O) groups excluding carboxylic acids is 2. The lowest BCUT2D eigenvalue weighted by Gasteiger charge is -2.35. The van der Waals surface area contributed by atoms with E-state index in [0.29, 0.717) is 30.5 Å². The van der Waals surface area contributed by atoms with E-state index in [9.17, 15) is 18.4 Å². The lowest BCUT2D eigenvalue weighted by Crippen LogP contribution is -2.65. The number of carbonyl (C=O) groups is 2. The first kappa shape index (κ1) is 21.4. The maximum absolute atomic E-state index is 13.5. The van der Waals surface area contributed by atoms with Gasteiger partial charge in [-0.1, -0.05) is 12.6 Å². The molecule has 158 valence electrons. The van der Waals surface area contributed by atoms with Gasteiger partial charge < -0.3 is 10.1 Å². The minimum Gasteiger partial charge on any atom is -0.459 e. The van der Waals surface area contributed by atoms with Crippen LogP contribution in [-0.4, -0.2) is 42.3 Å². The van der Waals surface area contributed by atoms with Gasteiger partial charge in [-0.25, -0.2) is 8.78 Å². The third-order valence-electron chi connectivity index (χ3n) is 5.14. The number of ether oxygens (including phenoxy) is 1. The highest BCUT2D eigenvalue weighted by Crippen LogP contribution is 2.28. The third-order valence-corrected chi connectivity index (χ3v) is 5.14. The Morgan fingerprint density at radius 1 is 1.28 bits per heavy atom. The Morgan fingerprint density at radius 2 is 2.00 bits per heavy atom. The molecular formula is C21H27F2N3O3. The van der Waals surface area contributed by atoms with Crippen LogP contribution in [-0.2, 0) is 14.3 Å². The smallest absolute Gasteiger partial charge is 0.324 e. The normalized spacial score (nSPS) is 26.6. The number of hydrogen-bond acceptors (Lipinski definition) is 5. The van der Waals surface area contributed by atoms with Crippen LogP contribution in [0.4, 0.5) is 8.78 Å². The second kappa shape index (κ2) is 8.20. The largest absolute Gasteiger partial charge is 0.459 e. The number of benzene rings is 1. The summed E-state index contributed by atoms with van der Waals surface area (Å²) in [6.07, 6.45) is 0.619. The predicted octanol–water partition coefficient (Wildman–Crippen LogP) is 2.10. The summed E-state index contributed by atoms with van der Waals surface area (Å²) in [5.74, 6) is -2.72. The van der Waals surface area contributed by atoms with E-state index in [2.05, 4.69) is 22.5 Å². The highest BCUT2D eigenvalue weighted by atomic mass is 19.2. The maximum Gasteiger partial charge on any atom is 0.324 e. The van der Waals surface area contributed by atoms with E-state index in [0.717, 1.165) is 12.1 Å². The molecule has 29 heavy (non-hydrogen) atoms. The van der Waals surface area contributed by atoms with Gasteiger partial charge in [0.1, 0.15) is 11.6 Å². The molecule has 1 aromatic carbocycles. The van der Waals surface area contributed by atoms with Crippen molar-refractivity contribution in [1.82, 2.24) is 16.0 Å². The molecule has 4 atom stereocenters. The molecule has 0 aromatic heterocycles. The molecule has 0 spiro atoms. The molecule has 2 saturated heterocycles. The molecule has 8 heteroatoms. The molecule has 0 bridgehead atoms. The van der Waals surface area contributed by atoms with Crippen LogP contribution in [0.15, 0.2) is 24.8 Å². The molecule has 6 nitrogen and oxygen atoms in total. The number of allylic oxidation sites excluding steroid dienone is 1. The topological polar surface area (TPSA) is 79.5 Å². The molecule has 0 radical (unpaired) electrons. The summed E-state index contributed by atoms with van der Waals surface area (Å²) in [5.41, 5.74) is 0.522. The molecule has 2 heterocycles. The van der Waals surface area contributed by atoms with Crippen molar-refractivity contribution in [1.29, 1.82) is 0 Å². The Hall–Kier alpha value is -2.32. The Bertz CT molecular complexity index is 822. The Labute approximate surface area is 169 Å². The van der Waals surface area contributed by atoms with Crippen molar-refractivity contribution in [2.24, 2.45) is 5.92 Å². The van der Waals surface area contributed by atoms with E-state index in [4.69, 9.17) is 4.74 Å². The van der Waals surface area contributed by atoms with Gasteiger partial charge in [0, 0.05) is 6.54 Å². The first-order chi connectivity index (χ1) is 13.5. The zero-order chi connectivity index (χ0) is 21.3. The van der Waals surface area contributed by atoms with Crippen molar-refractivity contribution in [3.05, 3.63) is 42.0 Å². The Balaban J connectivity index is 1.63. The van der Waals surface area contributed by atoms with E-state index < -0.39 is 23.3 Å². The molecule has 1 aromatic rings. The molecule has 1 amide bonds. The quantitative estimate of drug-likeness (QED) is 0.652. The fraction of sp³-hybridized carbons (Fsp3) is 0.524. The van der Waals surface area contributed by atoms with Gasteiger partial charge in [-0.2, -0.15) is 0 Å². The number of nitrogens with one attached hydrogen (secondary N) is 3. The zero-order valence-corrected chi connectivity index (χ0v) is 16.9. The standard InChI is InChI=1S/C21H27F2N3O3/c1-11(12-6-8-14(22)15(23)9-12)5-7-13-17-18(26-19(13)27)24-10-16(25-17)20(28)29-21(2,3)4/h6,8-9,13,16-18,24-25H,1,5,7,10H2,2-4H3,(H,26,27)/t13-,16?,17?,18?/m0/s1. The molecule has 0 saturated carbocycles. The molecule has 2 aliphatic heterocycles. The Morgan fingerprint density at radius 3 is 2.66 bits per heavy atom. The number of fused-ring (bicyclic) bond motifs is 1. The van der Waals surface area contributed by atoms with Gasteiger partial charge in [0.15, 0.2) is 11.6 Å². The van der Waals surface area contributed by atoms with Crippen LogP contribution in [0, 0.1) is 17.6 Å². The van der Waals surface area contributed by atoms with Gasteiger partial charge in [0.2, 0.25) is 5.91 Å². The molecule has 3 rings (SSSR count). The number of hydrogen-bond donors (Lipinski definition) is 3. The second-order valence-corrected chi connectivity index (χ2v) is 8.55. The van der Waals surface area contributed by atoms with Gasteiger partial charge in [-0.05, 0) is 56.9 Å². The molecule has 2 aliphatic rings. The molecule has 3 unspecified atom stereocenters. The van der Waals surface area contributed by atoms with Gasteiger partial charge in [-0.15, -0.1) is 0 Å². The van der Waals surface area contributed by atoms with Crippen LogP contribution >= 0.6 is 0 Å². The van der Waals surface area contributed by atoms with Crippen LogP contribution < -0.4 is 16.0 Å². The highest BCUT2D eigenvalue weighted by Gasteiger charge is 2.46. The average Bonchev–Trinajstić information content (AvgIpc) is 2.94. The Kier molecular flexibility index (Phi) is 6.05. The van der Waals surface area contributed by atoms with E-state index in [1.165, 1.54) is 6.07 Å². The summed E-state index contributed by atoms with van der Waals surface area (Å²) in [5, 5.41) is 9.31. The summed E-state index contributed by atoms with van der Waals surface area (Å²) in [6.45, 7) is 9.70. The monoisotopic (exact) mass is 407 g/mol. The first-order valence-electron chi connectivity index (χ1n) is 9.71. The van der Waals surface area contributed by atoms with E-state index in [1.807, 2.05) is 0 Å². The van der Waals surface area contributed by atoms with Crippen LogP contribution in [0.1, 0.15) is 39.2 Å². The van der Waals surface area contributed by atoms with Crippen molar-refractivity contribution in [3.63, 3.8) is 0 Å².